The van der Waals surface area contributed by atoms with Crippen LogP contribution in [0.25, 0.3) is 0 Å². The number of aromatic nitrogens is 2. The summed E-state index contributed by atoms with van der Waals surface area (Å²) < 4.78 is 24.6. The van der Waals surface area contributed by atoms with E-state index in [1.807, 2.05) is 38.1 Å². The number of sulfone groups is 1. The number of carbonyl (C=O) groups is 2. The first-order valence-corrected chi connectivity index (χ1v) is 13.6. The van der Waals surface area contributed by atoms with E-state index in [9.17, 15) is 18.0 Å². The summed E-state index contributed by atoms with van der Waals surface area (Å²) in [6, 6.07) is 14.8. The van der Waals surface area contributed by atoms with Gasteiger partial charge in [0.05, 0.1) is 11.5 Å². The second kappa shape index (κ2) is 10.0. The van der Waals surface area contributed by atoms with Gasteiger partial charge in [-0.3, -0.25) is 9.59 Å². The van der Waals surface area contributed by atoms with Gasteiger partial charge in [0.25, 0.3) is 0 Å². The molecular formula is C24H26N4O4S2. The van der Waals surface area contributed by atoms with Crippen LogP contribution in [0.3, 0.4) is 0 Å². The molecule has 10 heteroatoms. The van der Waals surface area contributed by atoms with Crippen molar-refractivity contribution < 1.29 is 18.0 Å². The molecule has 1 aliphatic heterocycles. The Bertz CT molecular complexity index is 1310. The predicted molar refractivity (Wildman–Crippen MR) is 133 cm³/mol. The lowest BCUT2D eigenvalue weighted by Crippen LogP contribution is -2.24. The van der Waals surface area contributed by atoms with Crippen LogP contribution >= 0.6 is 11.3 Å². The number of hydrogen-bond donors (Lipinski definition) is 1. The van der Waals surface area contributed by atoms with Gasteiger partial charge in [-0.2, -0.15) is 0 Å². The van der Waals surface area contributed by atoms with E-state index in [2.05, 4.69) is 15.5 Å². The van der Waals surface area contributed by atoms with Crippen molar-refractivity contribution in [1.29, 1.82) is 0 Å². The Morgan fingerprint density at radius 2 is 1.88 bits per heavy atom. The summed E-state index contributed by atoms with van der Waals surface area (Å²) in [4.78, 5) is 26.7. The molecule has 1 atom stereocenters. The molecule has 2 heterocycles. The molecule has 1 saturated heterocycles. The number of amides is 2. The maximum Gasteiger partial charge on any atom is 0.227 e. The normalized spacial score (nSPS) is 16.1. The lowest BCUT2D eigenvalue weighted by molar-refractivity contribution is -0.117. The van der Waals surface area contributed by atoms with Crippen molar-refractivity contribution in [3.05, 3.63) is 70.2 Å². The molecule has 4 rings (SSSR count). The number of carbonyl (C=O) groups excluding carboxylic acids is 2. The zero-order valence-electron chi connectivity index (χ0n) is 19.0. The first-order valence-electron chi connectivity index (χ1n) is 11.0. The van der Waals surface area contributed by atoms with Crippen molar-refractivity contribution in [1.82, 2.24) is 10.2 Å². The van der Waals surface area contributed by atoms with Crippen LogP contribution in [0.15, 0.2) is 48.5 Å². The summed E-state index contributed by atoms with van der Waals surface area (Å²) in [5.74, 6) is -0.863. The first-order chi connectivity index (χ1) is 16.2. The van der Waals surface area contributed by atoms with Gasteiger partial charge in [0.1, 0.15) is 5.01 Å². The molecule has 34 heavy (non-hydrogen) atoms. The largest absolute Gasteiger partial charge is 0.312 e. The molecular weight excluding hydrogens is 472 g/mol. The molecule has 8 nitrogen and oxygen atoms in total. The van der Waals surface area contributed by atoms with E-state index in [-0.39, 0.29) is 29.8 Å². The summed E-state index contributed by atoms with van der Waals surface area (Å²) in [5, 5.41) is 11.8. The smallest absolute Gasteiger partial charge is 0.227 e. The molecule has 3 aromatic rings. The van der Waals surface area contributed by atoms with Gasteiger partial charge in [0.15, 0.2) is 9.84 Å². The topological polar surface area (TPSA) is 109 Å². The van der Waals surface area contributed by atoms with Gasteiger partial charge < -0.3 is 10.2 Å². The van der Waals surface area contributed by atoms with E-state index in [0.717, 1.165) is 11.3 Å². The third-order valence-corrected chi connectivity index (χ3v) is 8.43. The molecule has 1 unspecified atom stereocenters. The number of nitrogens with zero attached hydrogens (tertiary/aromatic N) is 3. The molecule has 0 saturated carbocycles. The molecule has 1 N–H and O–H groups in total. The molecule has 1 fully saturated rings. The Kier molecular flexibility index (Phi) is 7.08. The molecule has 0 radical (unpaired) electrons. The van der Waals surface area contributed by atoms with Gasteiger partial charge in [0, 0.05) is 31.0 Å². The predicted octanol–water partition coefficient (Wildman–Crippen LogP) is 3.62. The summed E-state index contributed by atoms with van der Waals surface area (Å²) in [6.45, 7) is 4.55. The zero-order chi connectivity index (χ0) is 24.3. The standard InChI is InChI=1S/C24H26N4O4S2/c1-16-8-9-20(12-17(16)2)28-14-19(13-22(28)30)23-26-27-24(33-23)25-21(29)10-11-34(31,32)15-18-6-4-3-5-7-18/h3-9,12,19H,10-11,13-15H2,1-2H3,(H,25,27,29). The summed E-state index contributed by atoms with van der Waals surface area (Å²) in [7, 11) is -3.41. The maximum absolute atomic E-state index is 12.6. The summed E-state index contributed by atoms with van der Waals surface area (Å²) in [5.41, 5.74) is 3.85. The third kappa shape index (κ3) is 5.87. The number of hydrogen-bond acceptors (Lipinski definition) is 7. The van der Waals surface area contributed by atoms with Crippen molar-refractivity contribution in [3.63, 3.8) is 0 Å². The van der Waals surface area contributed by atoms with E-state index in [0.29, 0.717) is 28.7 Å². The van der Waals surface area contributed by atoms with Crippen molar-refractivity contribution in [2.45, 2.75) is 38.4 Å². The molecule has 0 spiro atoms. The quantitative estimate of drug-likeness (QED) is 0.508. The highest BCUT2D eigenvalue weighted by Gasteiger charge is 2.34. The Morgan fingerprint density at radius 3 is 2.62 bits per heavy atom. The average molecular weight is 499 g/mol. The van der Waals surface area contributed by atoms with Crippen molar-refractivity contribution in [3.8, 4) is 0 Å². The highest BCUT2D eigenvalue weighted by molar-refractivity contribution is 7.90. The van der Waals surface area contributed by atoms with Gasteiger partial charge >= 0.3 is 0 Å². The maximum atomic E-state index is 12.6. The molecule has 2 aromatic carbocycles. The molecule has 1 aromatic heterocycles. The monoisotopic (exact) mass is 498 g/mol. The zero-order valence-corrected chi connectivity index (χ0v) is 20.7. The molecule has 0 aliphatic carbocycles. The van der Waals surface area contributed by atoms with Gasteiger partial charge in [0.2, 0.25) is 16.9 Å². The number of benzene rings is 2. The Balaban J connectivity index is 1.32. The minimum absolute atomic E-state index is 0.0256. The average Bonchev–Trinajstić information content (AvgIpc) is 3.41. The van der Waals surface area contributed by atoms with E-state index >= 15 is 0 Å². The lowest BCUT2D eigenvalue weighted by Gasteiger charge is -2.17. The van der Waals surface area contributed by atoms with E-state index in [4.69, 9.17) is 0 Å². The van der Waals surface area contributed by atoms with E-state index in [1.54, 1.807) is 29.2 Å². The molecule has 1 aliphatic rings. The van der Waals surface area contributed by atoms with Crippen molar-refractivity contribution in [2.75, 3.05) is 22.5 Å². The van der Waals surface area contributed by atoms with Crippen LogP contribution in [0.4, 0.5) is 10.8 Å². The number of rotatable bonds is 8. The van der Waals surface area contributed by atoms with Crippen LogP contribution in [0.1, 0.15) is 40.5 Å². The fourth-order valence-corrected chi connectivity index (χ4v) is 5.99. The fourth-order valence-electron chi connectivity index (χ4n) is 3.80. The highest BCUT2D eigenvalue weighted by Crippen LogP contribution is 2.34. The minimum Gasteiger partial charge on any atom is -0.312 e. The van der Waals surface area contributed by atoms with Gasteiger partial charge in [-0.15, -0.1) is 10.2 Å². The molecule has 0 bridgehead atoms. The van der Waals surface area contributed by atoms with Crippen molar-refractivity contribution in [2.24, 2.45) is 0 Å². The van der Waals surface area contributed by atoms with Crippen molar-refractivity contribution >= 4 is 43.8 Å². The van der Waals surface area contributed by atoms with Crippen LogP contribution in [-0.4, -0.2) is 42.7 Å². The summed E-state index contributed by atoms with van der Waals surface area (Å²) in [6.07, 6.45) is 0.166. The SMILES string of the molecule is Cc1ccc(N2CC(c3nnc(NC(=O)CCS(=O)(=O)Cc4ccccc4)s3)CC2=O)cc1C. The van der Waals surface area contributed by atoms with E-state index in [1.165, 1.54) is 16.9 Å². The minimum atomic E-state index is -3.41. The molecule has 178 valence electrons. The third-order valence-electron chi connectivity index (χ3n) is 5.83. The van der Waals surface area contributed by atoms with Crippen LogP contribution in [0.5, 0.6) is 0 Å². The highest BCUT2D eigenvalue weighted by atomic mass is 32.2. The van der Waals surface area contributed by atoms with Crippen LogP contribution in [-0.2, 0) is 25.2 Å². The van der Waals surface area contributed by atoms with Crippen LogP contribution in [0, 0.1) is 13.8 Å². The lowest BCUT2D eigenvalue weighted by atomic mass is 10.1. The Morgan fingerprint density at radius 1 is 1.12 bits per heavy atom. The number of anilines is 2. The Hall–Kier alpha value is -3.11. The van der Waals surface area contributed by atoms with Gasteiger partial charge in [-0.25, -0.2) is 8.42 Å². The first kappa shape index (κ1) is 24.0. The Labute approximate surface area is 202 Å². The number of nitrogens with one attached hydrogen (secondary N) is 1. The second-order valence-corrected chi connectivity index (χ2v) is 11.7. The fraction of sp³-hybridized carbons (Fsp3) is 0.333. The summed E-state index contributed by atoms with van der Waals surface area (Å²) >= 11 is 1.22. The van der Waals surface area contributed by atoms with Crippen LogP contribution < -0.4 is 10.2 Å². The van der Waals surface area contributed by atoms with Gasteiger partial charge in [-0.1, -0.05) is 47.7 Å². The van der Waals surface area contributed by atoms with Gasteiger partial charge in [-0.05, 0) is 42.7 Å². The second-order valence-electron chi connectivity index (χ2n) is 8.50. The van der Waals surface area contributed by atoms with Crippen LogP contribution in [0.2, 0.25) is 0 Å². The van der Waals surface area contributed by atoms with E-state index < -0.39 is 15.7 Å². The number of aryl methyl sites for hydroxylation is 2. The molecule has 2 amide bonds.